The zero-order valence-corrected chi connectivity index (χ0v) is 10.9. The van der Waals surface area contributed by atoms with Gasteiger partial charge < -0.3 is 4.90 Å². The third kappa shape index (κ3) is 2.24. The Morgan fingerprint density at radius 3 is 2.50 bits per heavy atom. The van der Waals surface area contributed by atoms with Crippen LogP contribution in [-0.4, -0.2) is 29.2 Å². The number of nitrogens with zero attached hydrogens (tertiary/aromatic N) is 1. The summed E-state index contributed by atoms with van der Waals surface area (Å²) in [6, 6.07) is 8.01. The maximum atomic E-state index is 12.2. The van der Waals surface area contributed by atoms with Crippen LogP contribution in [0.2, 0.25) is 0 Å². The molecule has 0 bridgehead atoms. The SMILES string of the molecule is O=C1NNC(=O)C1CC(=O)N1CCc2ccccc2C1. The van der Waals surface area contributed by atoms with Gasteiger partial charge in [-0.3, -0.25) is 25.2 Å². The van der Waals surface area contributed by atoms with Crippen LogP contribution >= 0.6 is 0 Å². The third-order valence-corrected chi connectivity index (χ3v) is 3.80. The van der Waals surface area contributed by atoms with Gasteiger partial charge in [0.2, 0.25) is 5.91 Å². The van der Waals surface area contributed by atoms with Crippen LogP contribution in [0.4, 0.5) is 0 Å². The Morgan fingerprint density at radius 1 is 1.15 bits per heavy atom. The molecule has 104 valence electrons. The van der Waals surface area contributed by atoms with E-state index in [9.17, 15) is 14.4 Å². The van der Waals surface area contributed by atoms with Gasteiger partial charge in [0.15, 0.2) is 0 Å². The van der Waals surface area contributed by atoms with E-state index >= 15 is 0 Å². The second kappa shape index (κ2) is 4.96. The van der Waals surface area contributed by atoms with E-state index in [1.165, 1.54) is 5.56 Å². The van der Waals surface area contributed by atoms with E-state index in [1.807, 2.05) is 18.2 Å². The number of hydrogen-bond acceptors (Lipinski definition) is 3. The van der Waals surface area contributed by atoms with Gasteiger partial charge in [0.1, 0.15) is 5.92 Å². The summed E-state index contributed by atoms with van der Waals surface area (Å²) in [5.41, 5.74) is 6.86. The predicted octanol–water partition coefficient (Wildman–Crippen LogP) is -0.261. The fourth-order valence-corrected chi connectivity index (χ4v) is 2.61. The van der Waals surface area contributed by atoms with Crippen LogP contribution in [0.5, 0.6) is 0 Å². The maximum Gasteiger partial charge on any atom is 0.251 e. The molecule has 6 nitrogen and oxygen atoms in total. The van der Waals surface area contributed by atoms with E-state index in [4.69, 9.17) is 0 Å². The summed E-state index contributed by atoms with van der Waals surface area (Å²) in [5.74, 6) is -1.92. The third-order valence-electron chi connectivity index (χ3n) is 3.80. The Morgan fingerprint density at radius 2 is 1.80 bits per heavy atom. The molecule has 1 fully saturated rings. The number of carbonyl (C=O) groups is 3. The molecule has 1 saturated heterocycles. The molecule has 2 aliphatic rings. The Bertz CT molecular complexity index is 569. The largest absolute Gasteiger partial charge is 0.338 e. The quantitative estimate of drug-likeness (QED) is 0.729. The summed E-state index contributed by atoms with van der Waals surface area (Å²) in [6.45, 7) is 1.18. The van der Waals surface area contributed by atoms with Gasteiger partial charge in [-0.2, -0.15) is 0 Å². The van der Waals surface area contributed by atoms with Crippen molar-refractivity contribution < 1.29 is 14.4 Å². The molecule has 0 aromatic heterocycles. The van der Waals surface area contributed by atoms with E-state index in [0.717, 1.165) is 12.0 Å². The van der Waals surface area contributed by atoms with Crippen molar-refractivity contribution in [3.63, 3.8) is 0 Å². The first kappa shape index (κ1) is 12.7. The highest BCUT2D eigenvalue weighted by atomic mass is 16.2. The molecule has 1 aromatic rings. The topological polar surface area (TPSA) is 78.5 Å². The van der Waals surface area contributed by atoms with Gasteiger partial charge in [0.05, 0.1) is 0 Å². The number of rotatable bonds is 2. The van der Waals surface area contributed by atoms with E-state index < -0.39 is 17.7 Å². The Kier molecular flexibility index (Phi) is 3.14. The summed E-state index contributed by atoms with van der Waals surface area (Å²) < 4.78 is 0. The highest BCUT2D eigenvalue weighted by Crippen LogP contribution is 2.20. The number of nitrogens with one attached hydrogen (secondary N) is 2. The number of fused-ring (bicyclic) bond motifs is 1. The van der Waals surface area contributed by atoms with Crippen molar-refractivity contribution in [3.8, 4) is 0 Å². The average molecular weight is 273 g/mol. The highest BCUT2D eigenvalue weighted by Gasteiger charge is 2.36. The lowest BCUT2D eigenvalue weighted by molar-refractivity contribution is -0.139. The molecule has 0 unspecified atom stereocenters. The molecule has 0 saturated carbocycles. The lowest BCUT2D eigenvalue weighted by Crippen LogP contribution is -2.38. The summed E-state index contributed by atoms with van der Waals surface area (Å²) in [5, 5.41) is 0. The number of carbonyl (C=O) groups excluding carboxylic acids is 3. The molecule has 2 heterocycles. The normalized spacial score (nSPS) is 18.5. The standard InChI is InChI=1S/C14H15N3O3/c18-12(7-11-13(19)15-16-14(11)20)17-6-5-9-3-1-2-4-10(9)8-17/h1-4,11H,5-8H2,(H,15,19)(H,16,20). The number of benzene rings is 1. The first-order valence-corrected chi connectivity index (χ1v) is 6.59. The molecule has 20 heavy (non-hydrogen) atoms. The Labute approximate surface area is 116 Å². The van der Waals surface area contributed by atoms with Crippen LogP contribution in [0.1, 0.15) is 17.5 Å². The van der Waals surface area contributed by atoms with Crippen molar-refractivity contribution in [3.05, 3.63) is 35.4 Å². The van der Waals surface area contributed by atoms with Crippen LogP contribution in [-0.2, 0) is 27.3 Å². The first-order chi connectivity index (χ1) is 9.65. The van der Waals surface area contributed by atoms with Crippen molar-refractivity contribution in [2.24, 2.45) is 5.92 Å². The Balaban J connectivity index is 1.67. The lowest BCUT2D eigenvalue weighted by Gasteiger charge is -2.29. The summed E-state index contributed by atoms with van der Waals surface area (Å²) in [4.78, 5) is 36.8. The predicted molar refractivity (Wildman–Crippen MR) is 70.0 cm³/mol. The Hall–Kier alpha value is -2.37. The lowest BCUT2D eigenvalue weighted by atomic mass is 9.98. The molecule has 3 amide bonds. The van der Waals surface area contributed by atoms with Crippen LogP contribution in [0.15, 0.2) is 24.3 Å². The van der Waals surface area contributed by atoms with Gasteiger partial charge in [0, 0.05) is 19.5 Å². The molecule has 3 rings (SSSR count). The fraction of sp³-hybridized carbons (Fsp3) is 0.357. The molecule has 0 spiro atoms. The van der Waals surface area contributed by atoms with E-state index in [1.54, 1.807) is 4.90 Å². The molecule has 0 radical (unpaired) electrons. The minimum Gasteiger partial charge on any atom is -0.338 e. The van der Waals surface area contributed by atoms with Crippen LogP contribution in [0.25, 0.3) is 0 Å². The smallest absolute Gasteiger partial charge is 0.251 e. The van der Waals surface area contributed by atoms with Gasteiger partial charge in [-0.1, -0.05) is 24.3 Å². The van der Waals surface area contributed by atoms with Crippen LogP contribution in [0, 0.1) is 5.92 Å². The average Bonchev–Trinajstić information content (AvgIpc) is 2.78. The minimum absolute atomic E-state index is 0.0696. The van der Waals surface area contributed by atoms with Crippen molar-refractivity contribution in [1.82, 2.24) is 15.8 Å². The minimum atomic E-state index is -0.903. The molecule has 1 aromatic carbocycles. The van der Waals surface area contributed by atoms with Gasteiger partial charge in [-0.05, 0) is 17.5 Å². The van der Waals surface area contributed by atoms with E-state index in [0.29, 0.717) is 13.1 Å². The monoisotopic (exact) mass is 273 g/mol. The summed E-state index contributed by atoms with van der Waals surface area (Å²) >= 11 is 0. The van der Waals surface area contributed by atoms with Crippen molar-refractivity contribution in [2.75, 3.05) is 6.54 Å². The molecule has 2 aliphatic heterocycles. The van der Waals surface area contributed by atoms with Gasteiger partial charge >= 0.3 is 0 Å². The number of hydrazine groups is 1. The second-order valence-corrected chi connectivity index (χ2v) is 5.07. The molecule has 0 aliphatic carbocycles. The van der Waals surface area contributed by atoms with E-state index in [2.05, 4.69) is 16.9 Å². The van der Waals surface area contributed by atoms with Crippen LogP contribution in [0.3, 0.4) is 0 Å². The zero-order valence-electron chi connectivity index (χ0n) is 10.9. The fourth-order valence-electron chi connectivity index (χ4n) is 2.61. The number of hydrogen-bond donors (Lipinski definition) is 2. The molecule has 2 N–H and O–H groups in total. The zero-order chi connectivity index (χ0) is 14.1. The van der Waals surface area contributed by atoms with Gasteiger partial charge in [-0.25, -0.2) is 0 Å². The van der Waals surface area contributed by atoms with Gasteiger partial charge in [-0.15, -0.1) is 0 Å². The summed E-state index contributed by atoms with van der Waals surface area (Å²) in [6.07, 6.45) is 0.741. The van der Waals surface area contributed by atoms with Crippen molar-refractivity contribution >= 4 is 17.7 Å². The van der Waals surface area contributed by atoms with Crippen molar-refractivity contribution in [2.45, 2.75) is 19.4 Å². The van der Waals surface area contributed by atoms with Gasteiger partial charge in [0.25, 0.3) is 11.8 Å². The molecular weight excluding hydrogens is 258 g/mol. The second-order valence-electron chi connectivity index (χ2n) is 5.07. The van der Waals surface area contributed by atoms with Crippen molar-refractivity contribution in [1.29, 1.82) is 0 Å². The molecule has 0 atom stereocenters. The number of amides is 3. The molecule has 6 heteroatoms. The highest BCUT2D eigenvalue weighted by molar-refractivity contribution is 6.07. The maximum absolute atomic E-state index is 12.2. The van der Waals surface area contributed by atoms with Crippen LogP contribution < -0.4 is 10.9 Å². The van der Waals surface area contributed by atoms with E-state index in [-0.39, 0.29) is 12.3 Å². The molecular formula is C14H15N3O3. The summed E-state index contributed by atoms with van der Waals surface area (Å²) in [7, 11) is 0. The first-order valence-electron chi connectivity index (χ1n) is 6.59.